The second kappa shape index (κ2) is 6.83. The van der Waals surface area contributed by atoms with Gasteiger partial charge in [-0.1, -0.05) is 31.2 Å². The molecule has 6 atom stereocenters. The van der Waals surface area contributed by atoms with Gasteiger partial charge in [-0.3, -0.25) is 4.98 Å². The maximum atomic E-state index is 7.49. The maximum Gasteiger partial charge on any atom is 0.0974 e. The summed E-state index contributed by atoms with van der Waals surface area (Å²) >= 11 is 0. The number of fused-ring (bicyclic) bond motifs is 2. The predicted octanol–water partition coefficient (Wildman–Crippen LogP) is 6.55. The predicted molar refractivity (Wildman–Crippen MR) is 136 cm³/mol. The fourth-order valence-corrected chi connectivity index (χ4v) is 9.27. The normalized spacial score (nSPS) is 42.9. The van der Waals surface area contributed by atoms with Crippen LogP contribution in [-0.2, 0) is 4.74 Å². The number of hydrogen-bond donors (Lipinski definition) is 0. The first kappa shape index (κ1) is 20.2. The van der Waals surface area contributed by atoms with E-state index in [2.05, 4.69) is 53.2 Å². The van der Waals surface area contributed by atoms with Gasteiger partial charge in [0, 0.05) is 23.8 Å². The summed E-state index contributed by atoms with van der Waals surface area (Å²) in [5.74, 6) is 1.22. The van der Waals surface area contributed by atoms with Crippen LogP contribution in [0, 0.1) is 11.3 Å². The van der Waals surface area contributed by atoms with Gasteiger partial charge in [0.1, 0.15) is 0 Å². The van der Waals surface area contributed by atoms with Gasteiger partial charge < -0.3 is 9.64 Å². The summed E-state index contributed by atoms with van der Waals surface area (Å²) < 4.78 is 7.49. The Kier molecular flexibility index (Phi) is 4.06. The minimum absolute atomic E-state index is 0.0286. The molecule has 4 fully saturated rings. The Hall–Kier alpha value is -1.97. The molecule has 1 aromatic heterocycles. The van der Waals surface area contributed by atoms with E-state index in [1.165, 1.54) is 87.2 Å². The zero-order valence-corrected chi connectivity index (χ0v) is 20.4. The van der Waals surface area contributed by atoms with E-state index in [0.29, 0.717) is 11.8 Å². The molecule has 176 valence electrons. The van der Waals surface area contributed by atoms with Crippen molar-refractivity contribution in [2.75, 3.05) is 13.1 Å². The first-order valence-electron chi connectivity index (χ1n) is 13.8. The van der Waals surface area contributed by atoms with Gasteiger partial charge in [0.25, 0.3) is 0 Å². The van der Waals surface area contributed by atoms with E-state index in [0.717, 1.165) is 6.04 Å². The van der Waals surface area contributed by atoms with Crippen LogP contribution in [0.25, 0.3) is 10.8 Å². The lowest BCUT2D eigenvalue weighted by Crippen LogP contribution is -2.56. The zero-order valence-electron chi connectivity index (χ0n) is 20.4. The minimum atomic E-state index is -0.0412. The van der Waals surface area contributed by atoms with Crippen molar-refractivity contribution in [1.29, 1.82) is 0 Å². The molecular weight excluding hydrogens is 416 g/mol. The number of allylic oxidation sites excluding steroid dienone is 1. The largest absolute Gasteiger partial charge is 0.359 e. The first-order valence-corrected chi connectivity index (χ1v) is 13.8. The molecule has 3 aliphatic heterocycles. The third-order valence-corrected chi connectivity index (χ3v) is 11.1. The van der Waals surface area contributed by atoms with Gasteiger partial charge in [-0.15, -0.1) is 0 Å². The smallest absolute Gasteiger partial charge is 0.0974 e. The van der Waals surface area contributed by atoms with Crippen molar-refractivity contribution >= 4 is 10.8 Å². The number of aromatic nitrogens is 1. The van der Waals surface area contributed by atoms with Crippen molar-refractivity contribution in [2.24, 2.45) is 11.3 Å². The highest BCUT2D eigenvalue weighted by atomic mass is 16.5. The summed E-state index contributed by atoms with van der Waals surface area (Å²) in [6, 6.07) is 9.99. The van der Waals surface area contributed by atoms with Crippen molar-refractivity contribution in [3.63, 3.8) is 0 Å². The molecule has 8 rings (SSSR count). The monoisotopic (exact) mass is 452 g/mol. The minimum Gasteiger partial charge on any atom is -0.359 e. The van der Waals surface area contributed by atoms with Gasteiger partial charge in [-0.05, 0) is 122 Å². The van der Waals surface area contributed by atoms with Crippen molar-refractivity contribution in [3.8, 4) is 0 Å². The molecule has 4 heterocycles. The highest BCUT2D eigenvalue weighted by Gasteiger charge is 2.66. The molecule has 1 unspecified atom stereocenters. The Morgan fingerprint density at radius 2 is 2.00 bits per heavy atom. The van der Waals surface area contributed by atoms with E-state index < -0.39 is 0 Å². The number of benzene rings is 1. The summed E-state index contributed by atoms with van der Waals surface area (Å²) in [5.41, 5.74) is 4.94. The molecule has 2 saturated carbocycles. The van der Waals surface area contributed by atoms with Gasteiger partial charge >= 0.3 is 0 Å². The van der Waals surface area contributed by atoms with Crippen LogP contribution >= 0.6 is 0 Å². The Balaban J connectivity index is 1.16. The molecule has 3 heteroatoms. The van der Waals surface area contributed by atoms with Crippen molar-refractivity contribution in [1.82, 2.24) is 9.88 Å². The van der Waals surface area contributed by atoms with Gasteiger partial charge in [0.15, 0.2) is 0 Å². The zero-order chi connectivity index (χ0) is 22.5. The molecule has 0 radical (unpaired) electrons. The average Bonchev–Trinajstić information content (AvgIpc) is 3.33. The molecule has 1 aromatic carbocycles. The van der Waals surface area contributed by atoms with Crippen molar-refractivity contribution < 1.29 is 4.74 Å². The van der Waals surface area contributed by atoms with Crippen LogP contribution in [0.5, 0.6) is 0 Å². The van der Waals surface area contributed by atoms with Crippen LogP contribution < -0.4 is 0 Å². The number of pyridine rings is 1. The second-order valence-electron chi connectivity index (χ2n) is 12.5. The van der Waals surface area contributed by atoms with Crippen molar-refractivity contribution in [3.05, 3.63) is 65.5 Å². The van der Waals surface area contributed by atoms with E-state index in [1.54, 1.807) is 11.1 Å². The van der Waals surface area contributed by atoms with Gasteiger partial charge in [-0.2, -0.15) is 0 Å². The summed E-state index contributed by atoms with van der Waals surface area (Å²) in [7, 11) is 0. The SMILES string of the molecule is C[C@]12CC=C3C=C4CC[C@@H](N5CCC5)C[C@]45CCC3(O5)[C@@H]1CC[C@@H]2c1ccc2ccncc2c1. The lowest BCUT2D eigenvalue weighted by molar-refractivity contribution is -0.142. The fourth-order valence-electron chi connectivity index (χ4n) is 9.27. The summed E-state index contributed by atoms with van der Waals surface area (Å²) in [6.45, 7) is 5.20. The molecular formula is C31H36N2O. The summed E-state index contributed by atoms with van der Waals surface area (Å²) in [6.07, 6.45) is 20.6. The van der Waals surface area contributed by atoms with Crippen LogP contribution in [-0.4, -0.2) is 40.2 Å². The van der Waals surface area contributed by atoms with E-state index in [4.69, 9.17) is 4.74 Å². The average molecular weight is 453 g/mol. The van der Waals surface area contributed by atoms with Gasteiger partial charge in [0.05, 0.1) is 11.2 Å². The number of ether oxygens (including phenoxy) is 1. The third kappa shape index (κ3) is 2.53. The number of rotatable bonds is 2. The van der Waals surface area contributed by atoms with Gasteiger partial charge in [-0.25, -0.2) is 0 Å². The highest BCUT2D eigenvalue weighted by molar-refractivity contribution is 5.82. The topological polar surface area (TPSA) is 25.4 Å². The molecule has 34 heavy (non-hydrogen) atoms. The molecule has 2 saturated heterocycles. The fraction of sp³-hybridized carbons (Fsp3) is 0.581. The third-order valence-electron chi connectivity index (χ3n) is 11.1. The standard InChI is InChI=1S/C31H36N2O/c1-29-11-9-25-18-24-5-6-26(33-15-2-16-33)19-30(24)12-13-31(25,34-30)28(29)8-7-27(29)22-4-3-21-10-14-32-20-23(21)17-22/h3-4,9-10,14,17-18,20,26-28H,2,5-8,11-13,15-16,19H2,1H3/t26-,27-,28-,29-,30-,31?/m1/s1. The Bertz CT molecular complexity index is 1240. The molecule has 2 spiro atoms. The van der Waals surface area contributed by atoms with E-state index in [9.17, 15) is 0 Å². The maximum absolute atomic E-state index is 7.49. The molecule has 6 aliphatic rings. The van der Waals surface area contributed by atoms with Crippen LogP contribution in [0.4, 0.5) is 0 Å². The highest BCUT2D eigenvalue weighted by Crippen LogP contribution is 2.69. The quantitative estimate of drug-likeness (QED) is 0.516. The molecule has 2 bridgehead atoms. The van der Waals surface area contributed by atoms with E-state index in [-0.39, 0.29) is 16.6 Å². The molecule has 3 aliphatic carbocycles. The van der Waals surface area contributed by atoms with Crippen LogP contribution in [0.15, 0.2) is 60.0 Å². The molecule has 0 amide bonds. The van der Waals surface area contributed by atoms with E-state index in [1.807, 2.05) is 12.4 Å². The number of hydrogen-bond acceptors (Lipinski definition) is 3. The Morgan fingerprint density at radius 1 is 1.06 bits per heavy atom. The van der Waals surface area contributed by atoms with Crippen LogP contribution in [0.2, 0.25) is 0 Å². The van der Waals surface area contributed by atoms with Crippen LogP contribution in [0.1, 0.15) is 76.2 Å². The molecule has 3 nitrogen and oxygen atoms in total. The van der Waals surface area contributed by atoms with Gasteiger partial charge in [0.2, 0.25) is 0 Å². The first-order chi connectivity index (χ1) is 16.6. The Morgan fingerprint density at radius 3 is 2.88 bits per heavy atom. The van der Waals surface area contributed by atoms with Crippen molar-refractivity contribution in [2.45, 2.75) is 87.9 Å². The lowest BCUT2D eigenvalue weighted by Gasteiger charge is -2.55. The van der Waals surface area contributed by atoms with E-state index >= 15 is 0 Å². The molecule has 2 aromatic rings. The summed E-state index contributed by atoms with van der Waals surface area (Å²) in [4.78, 5) is 7.12. The second-order valence-corrected chi connectivity index (χ2v) is 12.5. The van der Waals surface area contributed by atoms with Crippen LogP contribution in [0.3, 0.4) is 0 Å². The number of nitrogens with zero attached hydrogens (tertiary/aromatic N) is 2. The lowest BCUT2D eigenvalue weighted by atomic mass is 9.58. The number of likely N-dealkylation sites (tertiary alicyclic amines) is 1. The molecule has 0 N–H and O–H groups in total. The summed E-state index contributed by atoms with van der Waals surface area (Å²) in [5, 5.41) is 2.57. The Labute approximate surface area is 203 Å².